The van der Waals surface area contributed by atoms with Crippen LogP contribution in [0.3, 0.4) is 0 Å². The number of sulfonamides is 1. The first-order chi connectivity index (χ1) is 22.1. The molecule has 10 nitrogen and oxygen atoms in total. The van der Waals surface area contributed by atoms with Gasteiger partial charge in [0, 0.05) is 23.7 Å². The molecular weight excluding hydrogens is 637 g/mol. The third-order valence-corrected chi connectivity index (χ3v) is 9.95. The van der Waals surface area contributed by atoms with Crippen molar-refractivity contribution in [1.82, 2.24) is 9.21 Å². The Morgan fingerprint density at radius 1 is 0.894 bits per heavy atom. The molecule has 0 unspecified atom stereocenters. The topological polar surface area (TPSA) is 156 Å². The zero-order chi connectivity index (χ0) is 34.9. The average Bonchev–Trinajstić information content (AvgIpc) is 3.03. The van der Waals surface area contributed by atoms with E-state index in [-0.39, 0.29) is 22.6 Å². The van der Waals surface area contributed by atoms with Crippen molar-refractivity contribution in [2.24, 2.45) is 5.73 Å². The number of nitrogen functional groups attached to an aromatic ring is 1. The van der Waals surface area contributed by atoms with Gasteiger partial charge in [0.25, 0.3) is 0 Å². The van der Waals surface area contributed by atoms with Crippen LogP contribution in [-0.4, -0.2) is 78.8 Å². The van der Waals surface area contributed by atoms with Gasteiger partial charge >= 0.3 is 12.3 Å². The summed E-state index contributed by atoms with van der Waals surface area (Å²) in [7, 11) is -3.33. The predicted octanol–water partition coefficient (Wildman–Crippen LogP) is 4.88. The molecule has 0 radical (unpaired) electrons. The van der Waals surface area contributed by atoms with Gasteiger partial charge in [0.1, 0.15) is 6.04 Å². The number of methoxy groups -OCH3 is 1. The summed E-state index contributed by atoms with van der Waals surface area (Å²) in [5.41, 5.74) is 13.5. The number of halogens is 3. The molecule has 3 aromatic rings. The Labute approximate surface area is 273 Å². The van der Waals surface area contributed by atoms with Crippen molar-refractivity contribution < 1.29 is 41.0 Å². The molecule has 47 heavy (non-hydrogen) atoms. The molecule has 0 aliphatic carbocycles. The van der Waals surface area contributed by atoms with E-state index in [0.29, 0.717) is 16.8 Å². The second-order valence-corrected chi connectivity index (χ2v) is 13.2. The van der Waals surface area contributed by atoms with E-state index < -0.39 is 71.3 Å². The molecule has 0 aliphatic heterocycles. The van der Waals surface area contributed by atoms with Crippen molar-refractivity contribution in [2.45, 2.75) is 74.3 Å². The molecule has 0 aromatic heterocycles. The quantitative estimate of drug-likeness (QED) is 0.204. The number of carbonyl (C=O) groups excluding carboxylic acids is 2. The fourth-order valence-electron chi connectivity index (χ4n) is 5.64. The lowest BCUT2D eigenvalue weighted by Crippen LogP contribution is -2.57. The summed E-state index contributed by atoms with van der Waals surface area (Å²) in [6, 6.07) is 16.3. The third kappa shape index (κ3) is 9.10. The van der Waals surface area contributed by atoms with E-state index in [2.05, 4.69) is 4.74 Å². The Morgan fingerprint density at radius 2 is 1.40 bits per heavy atom. The summed E-state index contributed by atoms with van der Waals surface area (Å²) in [6.45, 7) is 2.46. The van der Waals surface area contributed by atoms with Crippen LogP contribution in [0.5, 0.6) is 0 Å². The molecule has 0 spiro atoms. The molecule has 3 aromatic carbocycles. The van der Waals surface area contributed by atoms with E-state index in [1.807, 2.05) is 0 Å². The van der Waals surface area contributed by atoms with E-state index >= 15 is 0 Å². The second-order valence-electron chi connectivity index (χ2n) is 11.3. The third-order valence-electron chi connectivity index (χ3n) is 7.81. The number of aliphatic hydroxyl groups excluding tert-OH is 1. The van der Waals surface area contributed by atoms with Crippen LogP contribution in [0.4, 0.5) is 23.7 Å². The lowest BCUT2D eigenvalue weighted by atomic mass is 9.84. The summed E-state index contributed by atoms with van der Waals surface area (Å²) in [5, 5.41) is 10.2. The number of anilines is 1. The molecule has 3 rings (SSSR count). The molecule has 14 heteroatoms. The van der Waals surface area contributed by atoms with Gasteiger partial charge in [-0.25, -0.2) is 18.1 Å². The number of amides is 2. The summed E-state index contributed by atoms with van der Waals surface area (Å²) < 4.78 is 76.7. The Morgan fingerprint density at radius 3 is 1.83 bits per heavy atom. The predicted molar refractivity (Wildman–Crippen MR) is 172 cm³/mol. The van der Waals surface area contributed by atoms with Gasteiger partial charge in [0.05, 0.1) is 24.7 Å². The Kier molecular flexibility index (Phi) is 12.9. The molecule has 2 amide bonds. The molecule has 0 fully saturated rings. The summed E-state index contributed by atoms with van der Waals surface area (Å²) in [5.74, 6) is -2.20. The first-order valence-corrected chi connectivity index (χ1v) is 16.4. The molecule has 0 heterocycles. The number of imide groups is 1. The van der Waals surface area contributed by atoms with Gasteiger partial charge in [-0.1, -0.05) is 60.7 Å². The minimum atomic E-state index is -5.10. The number of rotatable bonds is 14. The first kappa shape index (κ1) is 37.5. The number of nitrogens with zero attached hydrogens (tertiary/aromatic N) is 2. The highest BCUT2D eigenvalue weighted by Gasteiger charge is 2.50. The Hall–Kier alpha value is -3.98. The summed E-state index contributed by atoms with van der Waals surface area (Å²) in [4.78, 5) is 26.6. The summed E-state index contributed by atoms with van der Waals surface area (Å²) in [6.07, 6.45) is -7.99. The maximum Gasteiger partial charge on any atom is 0.416 e. The van der Waals surface area contributed by atoms with Crippen molar-refractivity contribution in [2.75, 3.05) is 19.5 Å². The lowest BCUT2D eigenvalue weighted by Gasteiger charge is -2.35. The van der Waals surface area contributed by atoms with Crippen LogP contribution in [-0.2, 0) is 19.6 Å². The van der Waals surface area contributed by atoms with E-state index in [1.54, 1.807) is 74.5 Å². The van der Waals surface area contributed by atoms with Gasteiger partial charge in [-0.15, -0.1) is 0 Å². The van der Waals surface area contributed by atoms with Crippen molar-refractivity contribution in [1.29, 1.82) is 0 Å². The molecule has 0 aliphatic rings. The maximum atomic E-state index is 14.7. The number of nitrogens with two attached hydrogens (primary N) is 2. The number of carbonyl (C=O) groups is 2. The molecule has 256 valence electrons. The zero-order valence-corrected chi connectivity index (χ0v) is 27.2. The molecule has 3 atom stereocenters. The Bertz CT molecular complexity index is 1520. The van der Waals surface area contributed by atoms with Gasteiger partial charge < -0.3 is 21.3 Å². The van der Waals surface area contributed by atoms with E-state index in [9.17, 15) is 36.3 Å². The van der Waals surface area contributed by atoms with Crippen molar-refractivity contribution in [3.63, 3.8) is 0 Å². The number of hydrogen-bond acceptors (Lipinski definition) is 8. The fourth-order valence-corrected chi connectivity index (χ4v) is 7.49. The highest BCUT2D eigenvalue weighted by molar-refractivity contribution is 7.89. The standard InChI is InChI=1S/C33H41F3N4O6S/c1-22(2)40(47(44,45)27-19-17-25(37)18-20-27)26(21-41)15-10-16-28(33(34,35)36)39(32(43)46-3)31(42)30(38)29(23-11-6-4-7-12-23)24-13-8-5-9-14-24/h4-9,11-14,17-20,22,26,28-30,41H,10,15-16,21,37-38H2,1-3H3/t26-,28+,30-/m0/s1. The van der Waals surface area contributed by atoms with Crippen LogP contribution < -0.4 is 11.5 Å². The van der Waals surface area contributed by atoms with Crippen LogP contribution in [0.15, 0.2) is 89.8 Å². The van der Waals surface area contributed by atoms with Crippen LogP contribution >= 0.6 is 0 Å². The normalized spacial score (nSPS) is 14.2. The van der Waals surface area contributed by atoms with Crippen molar-refractivity contribution in [3.8, 4) is 0 Å². The zero-order valence-electron chi connectivity index (χ0n) is 26.4. The number of ether oxygens (including phenoxy) is 1. The number of benzene rings is 3. The number of aliphatic hydroxyl groups is 1. The monoisotopic (exact) mass is 678 g/mol. The second kappa shape index (κ2) is 16.2. The highest BCUT2D eigenvalue weighted by atomic mass is 32.2. The molecule has 5 N–H and O–H groups in total. The molecule has 0 saturated carbocycles. The van der Waals surface area contributed by atoms with Gasteiger partial charge in [-0.05, 0) is 68.5 Å². The van der Waals surface area contributed by atoms with Crippen molar-refractivity contribution in [3.05, 3.63) is 96.1 Å². The van der Waals surface area contributed by atoms with Gasteiger partial charge in [0.2, 0.25) is 15.9 Å². The van der Waals surface area contributed by atoms with Crippen molar-refractivity contribution >= 4 is 27.7 Å². The largest absolute Gasteiger partial charge is 0.452 e. The minimum absolute atomic E-state index is 0.00281. The number of hydrogen-bond donors (Lipinski definition) is 3. The van der Waals surface area contributed by atoms with Crippen LogP contribution in [0.25, 0.3) is 0 Å². The van der Waals surface area contributed by atoms with E-state index in [0.717, 1.165) is 11.4 Å². The van der Waals surface area contributed by atoms with E-state index in [4.69, 9.17) is 11.5 Å². The van der Waals surface area contributed by atoms with Gasteiger partial charge in [-0.3, -0.25) is 4.79 Å². The molecule has 0 saturated heterocycles. The maximum absolute atomic E-state index is 14.7. The first-order valence-electron chi connectivity index (χ1n) is 15.0. The fraction of sp³-hybridized carbons (Fsp3) is 0.394. The average molecular weight is 679 g/mol. The van der Waals surface area contributed by atoms with Gasteiger partial charge in [-0.2, -0.15) is 17.5 Å². The smallest absolute Gasteiger partial charge is 0.416 e. The van der Waals surface area contributed by atoms with Crippen LogP contribution in [0.2, 0.25) is 0 Å². The lowest BCUT2D eigenvalue weighted by molar-refractivity contribution is -0.187. The van der Waals surface area contributed by atoms with Crippen LogP contribution in [0.1, 0.15) is 50.2 Å². The van der Waals surface area contributed by atoms with Crippen LogP contribution in [0, 0.1) is 0 Å². The van der Waals surface area contributed by atoms with Gasteiger partial charge in [0.15, 0.2) is 0 Å². The SMILES string of the molecule is COC(=O)N(C(=O)[C@@H](N)C(c1ccccc1)c1ccccc1)[C@H](CCC[C@@H](CO)N(C(C)C)S(=O)(=O)c1ccc(N)cc1)C(F)(F)F. The van der Waals surface area contributed by atoms with E-state index in [1.165, 1.54) is 24.3 Å². The Balaban J connectivity index is 1.93. The number of alkyl halides is 3. The minimum Gasteiger partial charge on any atom is -0.452 e. The molecular formula is C33H41F3N4O6S. The summed E-state index contributed by atoms with van der Waals surface area (Å²) >= 11 is 0. The molecule has 0 bridgehead atoms. The highest BCUT2D eigenvalue weighted by Crippen LogP contribution is 2.34.